The topological polar surface area (TPSA) is 64.9 Å². The Hall–Kier alpha value is -2.41. The molecule has 1 aromatic carbocycles. The van der Waals surface area contributed by atoms with Gasteiger partial charge < -0.3 is 10.1 Å². The molecule has 0 aliphatic carbocycles. The van der Waals surface area contributed by atoms with Crippen LogP contribution in [0.1, 0.15) is 17.0 Å². The Kier molecular flexibility index (Phi) is 4.80. The maximum atomic E-state index is 5.39. The van der Waals surface area contributed by atoms with Gasteiger partial charge in [0, 0.05) is 22.3 Å². The molecule has 3 aromatic rings. The molecule has 24 heavy (non-hydrogen) atoms. The number of nitrogens with zero attached hydrogens (tertiary/aromatic N) is 4. The van der Waals surface area contributed by atoms with Gasteiger partial charge >= 0.3 is 0 Å². The van der Waals surface area contributed by atoms with Crippen molar-refractivity contribution in [3.05, 3.63) is 58.1 Å². The average Bonchev–Trinajstić information content (AvgIpc) is 2.92. The van der Waals surface area contributed by atoms with Gasteiger partial charge in [-0.3, -0.25) is 4.98 Å². The lowest BCUT2D eigenvalue weighted by atomic mass is 10.2. The summed E-state index contributed by atoms with van der Waals surface area (Å²) in [5.74, 6) is 2.20. The number of aryl methyl sites for hydroxylation is 2. The molecule has 6 nitrogen and oxygen atoms in total. The molecule has 0 bridgehead atoms. The third kappa shape index (κ3) is 3.56. The van der Waals surface area contributed by atoms with Crippen molar-refractivity contribution in [1.82, 2.24) is 19.7 Å². The molecule has 0 aliphatic heterocycles. The van der Waals surface area contributed by atoms with Gasteiger partial charge in [-0.2, -0.15) is 5.10 Å². The predicted molar refractivity (Wildman–Crippen MR) is 96.6 cm³/mol. The maximum absolute atomic E-state index is 5.39. The number of hydrogen-bond acceptors (Lipinski definition) is 5. The van der Waals surface area contributed by atoms with Crippen LogP contribution >= 0.6 is 15.9 Å². The molecule has 7 heteroatoms. The fraction of sp³-hybridized carbons (Fsp3) is 0.235. The SMILES string of the molecule is COc1ccc(Br)cc1CNc1cncc(-n2nc(C)cc2C)n1. The summed E-state index contributed by atoms with van der Waals surface area (Å²) in [6.45, 7) is 4.53. The number of halogens is 1. The number of nitrogens with one attached hydrogen (secondary N) is 1. The van der Waals surface area contributed by atoms with E-state index in [4.69, 9.17) is 4.74 Å². The normalized spacial score (nSPS) is 10.7. The Morgan fingerprint density at radius 2 is 2.04 bits per heavy atom. The molecule has 0 saturated carbocycles. The minimum Gasteiger partial charge on any atom is -0.496 e. The zero-order valence-corrected chi connectivity index (χ0v) is 15.3. The molecule has 2 heterocycles. The highest BCUT2D eigenvalue weighted by Crippen LogP contribution is 2.23. The number of aromatic nitrogens is 4. The maximum Gasteiger partial charge on any atom is 0.174 e. The zero-order chi connectivity index (χ0) is 17.1. The molecule has 0 spiro atoms. The smallest absolute Gasteiger partial charge is 0.174 e. The highest BCUT2D eigenvalue weighted by Gasteiger charge is 2.08. The van der Waals surface area contributed by atoms with E-state index in [9.17, 15) is 0 Å². The van der Waals surface area contributed by atoms with Gasteiger partial charge in [0.05, 0.1) is 25.2 Å². The first-order valence-corrected chi connectivity index (χ1v) is 8.28. The van der Waals surface area contributed by atoms with Crippen LogP contribution in [-0.4, -0.2) is 26.9 Å². The summed E-state index contributed by atoms with van der Waals surface area (Å²) >= 11 is 3.48. The highest BCUT2D eigenvalue weighted by molar-refractivity contribution is 9.10. The number of hydrogen-bond donors (Lipinski definition) is 1. The monoisotopic (exact) mass is 387 g/mol. The van der Waals surface area contributed by atoms with Gasteiger partial charge in [-0.15, -0.1) is 0 Å². The summed E-state index contributed by atoms with van der Waals surface area (Å²) in [4.78, 5) is 8.84. The Morgan fingerprint density at radius 1 is 1.21 bits per heavy atom. The largest absolute Gasteiger partial charge is 0.496 e. The molecule has 0 fully saturated rings. The van der Waals surface area contributed by atoms with Gasteiger partial charge in [-0.25, -0.2) is 9.67 Å². The van der Waals surface area contributed by atoms with E-state index in [1.807, 2.05) is 38.1 Å². The van der Waals surface area contributed by atoms with Gasteiger partial charge in [0.2, 0.25) is 0 Å². The van der Waals surface area contributed by atoms with E-state index in [0.29, 0.717) is 18.2 Å². The second-order valence-electron chi connectivity index (χ2n) is 5.41. The van der Waals surface area contributed by atoms with Crippen LogP contribution in [0.15, 0.2) is 41.1 Å². The Bertz CT molecular complexity index is 862. The molecule has 0 saturated heterocycles. The van der Waals surface area contributed by atoms with Crippen LogP contribution in [0.2, 0.25) is 0 Å². The summed E-state index contributed by atoms with van der Waals surface area (Å²) in [6.07, 6.45) is 3.39. The van der Waals surface area contributed by atoms with Gasteiger partial charge in [0.25, 0.3) is 0 Å². The first-order valence-electron chi connectivity index (χ1n) is 7.49. The number of ether oxygens (including phenoxy) is 1. The molecular weight excluding hydrogens is 370 g/mol. The Morgan fingerprint density at radius 3 is 2.75 bits per heavy atom. The second kappa shape index (κ2) is 7.00. The van der Waals surface area contributed by atoms with Crippen LogP contribution in [0.25, 0.3) is 5.82 Å². The van der Waals surface area contributed by atoms with Crippen molar-refractivity contribution in [1.29, 1.82) is 0 Å². The lowest BCUT2D eigenvalue weighted by Crippen LogP contribution is -2.07. The summed E-state index contributed by atoms with van der Waals surface area (Å²) in [6, 6.07) is 7.91. The van der Waals surface area contributed by atoms with E-state index >= 15 is 0 Å². The number of benzene rings is 1. The molecular formula is C17H18BrN5O. The van der Waals surface area contributed by atoms with Crippen molar-refractivity contribution >= 4 is 21.7 Å². The Balaban J connectivity index is 1.81. The lowest BCUT2D eigenvalue weighted by molar-refractivity contribution is 0.410. The minimum atomic E-state index is 0.581. The van der Waals surface area contributed by atoms with Crippen LogP contribution in [0.3, 0.4) is 0 Å². The van der Waals surface area contributed by atoms with Crippen molar-refractivity contribution in [3.63, 3.8) is 0 Å². The number of anilines is 1. The van der Waals surface area contributed by atoms with Gasteiger partial charge in [-0.1, -0.05) is 15.9 Å². The lowest BCUT2D eigenvalue weighted by Gasteiger charge is -2.11. The van der Waals surface area contributed by atoms with Crippen molar-refractivity contribution in [2.24, 2.45) is 0 Å². The first-order chi connectivity index (χ1) is 11.6. The van der Waals surface area contributed by atoms with E-state index in [2.05, 4.69) is 36.3 Å². The summed E-state index contributed by atoms with van der Waals surface area (Å²) in [7, 11) is 1.66. The third-order valence-corrected chi connectivity index (χ3v) is 4.04. The van der Waals surface area contributed by atoms with Crippen LogP contribution in [-0.2, 0) is 6.54 Å². The van der Waals surface area contributed by atoms with Crippen molar-refractivity contribution in [2.45, 2.75) is 20.4 Å². The molecule has 0 radical (unpaired) electrons. The second-order valence-corrected chi connectivity index (χ2v) is 6.33. The molecule has 124 valence electrons. The van der Waals surface area contributed by atoms with Crippen LogP contribution in [0, 0.1) is 13.8 Å². The summed E-state index contributed by atoms with van der Waals surface area (Å²) in [5, 5.41) is 7.72. The molecule has 3 rings (SSSR count). The molecule has 0 atom stereocenters. The molecule has 0 amide bonds. The molecule has 1 N–H and O–H groups in total. The van der Waals surface area contributed by atoms with Crippen molar-refractivity contribution in [2.75, 3.05) is 12.4 Å². The van der Waals surface area contributed by atoms with Gasteiger partial charge in [0.1, 0.15) is 11.6 Å². The quantitative estimate of drug-likeness (QED) is 0.723. The van der Waals surface area contributed by atoms with E-state index in [1.165, 1.54) is 0 Å². The van der Waals surface area contributed by atoms with Crippen molar-refractivity contribution < 1.29 is 4.74 Å². The van der Waals surface area contributed by atoms with Gasteiger partial charge in [-0.05, 0) is 38.1 Å². The average molecular weight is 388 g/mol. The standard InChI is InChI=1S/C17H18BrN5O/c1-11-6-12(2)23(22-11)17-10-19-9-16(21-17)20-8-13-7-14(18)4-5-15(13)24-3/h4-7,9-10H,8H2,1-3H3,(H,20,21). The van der Waals surface area contributed by atoms with Crippen LogP contribution in [0.4, 0.5) is 5.82 Å². The zero-order valence-electron chi connectivity index (χ0n) is 13.7. The summed E-state index contributed by atoms with van der Waals surface area (Å²) < 4.78 is 8.18. The predicted octanol–water partition coefficient (Wildman–Crippen LogP) is 3.66. The molecule has 0 aliphatic rings. The van der Waals surface area contributed by atoms with Crippen LogP contribution < -0.4 is 10.1 Å². The molecule has 0 unspecified atom stereocenters. The highest BCUT2D eigenvalue weighted by atomic mass is 79.9. The third-order valence-electron chi connectivity index (χ3n) is 3.55. The summed E-state index contributed by atoms with van der Waals surface area (Å²) in [5.41, 5.74) is 3.00. The van der Waals surface area contributed by atoms with E-state index < -0.39 is 0 Å². The fourth-order valence-electron chi connectivity index (χ4n) is 2.47. The fourth-order valence-corrected chi connectivity index (χ4v) is 2.88. The van der Waals surface area contributed by atoms with Crippen LogP contribution in [0.5, 0.6) is 5.75 Å². The number of rotatable bonds is 5. The van der Waals surface area contributed by atoms with E-state index in [-0.39, 0.29) is 0 Å². The minimum absolute atomic E-state index is 0.581. The van der Waals surface area contributed by atoms with E-state index in [1.54, 1.807) is 24.2 Å². The van der Waals surface area contributed by atoms with Gasteiger partial charge in [0.15, 0.2) is 5.82 Å². The van der Waals surface area contributed by atoms with E-state index in [0.717, 1.165) is 27.2 Å². The van der Waals surface area contributed by atoms with Crippen molar-refractivity contribution in [3.8, 4) is 11.6 Å². The Labute approximate surface area is 149 Å². The number of methoxy groups -OCH3 is 1. The first kappa shape index (κ1) is 16.4. The molecule has 2 aromatic heterocycles.